The molecule has 0 N–H and O–H groups in total. The largest absolute Gasteiger partial charge is 0.310 e. The highest BCUT2D eigenvalue weighted by atomic mass is 35.5. The minimum atomic E-state index is 0.457. The van der Waals surface area contributed by atoms with E-state index in [1.165, 1.54) is 75.6 Å². The Morgan fingerprint density at radius 2 is 0.919 bits per heavy atom. The van der Waals surface area contributed by atoms with E-state index in [9.17, 15) is 0 Å². The number of aryl methyl sites for hydroxylation is 3. The van der Waals surface area contributed by atoms with E-state index in [1.807, 2.05) is 0 Å². The molecule has 0 bridgehead atoms. The number of hydrogen-bond donors (Lipinski definition) is 0. The van der Waals surface area contributed by atoms with E-state index in [1.54, 1.807) is 11.3 Å². The minimum absolute atomic E-state index is 0.457. The van der Waals surface area contributed by atoms with Crippen LogP contribution in [0.25, 0.3) is 21.2 Å². The van der Waals surface area contributed by atoms with Gasteiger partial charge in [-0.05, 0) is 164 Å². The molecule has 3 nitrogen and oxygen atoms in total. The van der Waals surface area contributed by atoms with Gasteiger partial charge in [-0.3, -0.25) is 0 Å². The first-order chi connectivity index (χ1) is 36.4. The van der Waals surface area contributed by atoms with Gasteiger partial charge in [0.2, 0.25) is 0 Å². The molecule has 1 atom stereocenters. The van der Waals surface area contributed by atoms with Crippen LogP contribution in [-0.4, -0.2) is 0 Å². The van der Waals surface area contributed by atoms with Gasteiger partial charge in [0.05, 0.1) is 33.5 Å². The zero-order valence-electron chi connectivity index (χ0n) is 44.4. The van der Waals surface area contributed by atoms with Crippen molar-refractivity contribution in [2.75, 3.05) is 14.7 Å². The number of rotatable bonds is 24. The second-order valence-corrected chi connectivity index (χ2v) is 21.2. The first-order valence-corrected chi connectivity index (χ1v) is 28.9. The topological polar surface area (TPSA) is 9.72 Å². The second kappa shape index (κ2) is 25.6. The molecule has 1 heterocycles. The van der Waals surface area contributed by atoms with Gasteiger partial charge in [-0.2, -0.15) is 0 Å². The molecule has 0 amide bonds. The standard InChI is InChI=1S/C69H74ClN3S/c1-6-11-16-26-53-37-42-59(43-38-53)72(64-46-41-56(54(10-5)23-9-4)47-63(64)55-39-33-51(34-40-55)24-12-7-2)65-48-61(71(57-27-17-14-18-28-57)58-29-19-15-20-30-58)49-66(69(65)70)73(60-44-35-52(36-45-60)25-13-8-3)67-50-74-68-32-22-21-31-62(67)68/h14-15,17-22,27-50,54H,6-13,16,23-26H2,1-5H3. The van der Waals surface area contributed by atoms with Crippen LogP contribution in [0.2, 0.25) is 5.02 Å². The molecule has 74 heavy (non-hydrogen) atoms. The predicted molar refractivity (Wildman–Crippen MR) is 325 cm³/mol. The van der Waals surface area contributed by atoms with Gasteiger partial charge in [-0.15, -0.1) is 11.3 Å². The van der Waals surface area contributed by atoms with Gasteiger partial charge in [0.25, 0.3) is 0 Å². The molecule has 9 rings (SSSR count). The smallest absolute Gasteiger partial charge is 0.0888 e. The molecule has 1 unspecified atom stereocenters. The Morgan fingerprint density at radius 3 is 1.46 bits per heavy atom. The molecular weight excluding hydrogens is 938 g/mol. The zero-order valence-corrected chi connectivity index (χ0v) is 45.9. The van der Waals surface area contributed by atoms with Crippen LogP contribution < -0.4 is 14.7 Å². The summed E-state index contributed by atoms with van der Waals surface area (Å²) in [5.41, 5.74) is 17.1. The Hall–Kier alpha value is -6.59. The Balaban J connectivity index is 1.37. The van der Waals surface area contributed by atoms with Gasteiger partial charge < -0.3 is 14.7 Å². The SMILES string of the molecule is CCCCCc1ccc(N(c2ccc(C(CC)CCC)cc2-c2ccc(CCCC)cc2)c2cc(N(c3ccccc3)c3ccccc3)cc(N(c3ccc(CCCC)cc3)c3csc4ccccc34)c2Cl)cc1. The Kier molecular flexibility index (Phi) is 18.1. The molecule has 0 radical (unpaired) electrons. The van der Waals surface area contributed by atoms with E-state index in [0.717, 1.165) is 103 Å². The van der Waals surface area contributed by atoms with Crippen molar-refractivity contribution in [2.24, 2.45) is 0 Å². The lowest BCUT2D eigenvalue weighted by atomic mass is 9.88. The summed E-state index contributed by atoms with van der Waals surface area (Å²) in [4.78, 5) is 7.25. The third-order valence-corrected chi connectivity index (χ3v) is 16.1. The van der Waals surface area contributed by atoms with Crippen LogP contribution in [-0.2, 0) is 19.3 Å². The number of thiophene rings is 1. The van der Waals surface area contributed by atoms with Crippen LogP contribution in [0, 0.1) is 0 Å². The number of nitrogens with zero attached hydrogens (tertiary/aromatic N) is 3. The van der Waals surface area contributed by atoms with Gasteiger partial charge in [-0.25, -0.2) is 0 Å². The first-order valence-electron chi connectivity index (χ1n) is 27.6. The summed E-state index contributed by atoms with van der Waals surface area (Å²) in [5.74, 6) is 0.457. The van der Waals surface area contributed by atoms with Gasteiger partial charge >= 0.3 is 0 Å². The summed E-state index contributed by atoms with van der Waals surface area (Å²) in [5, 5.41) is 4.16. The molecule has 0 spiro atoms. The number of benzene rings is 8. The third kappa shape index (κ3) is 12.0. The van der Waals surface area contributed by atoms with Crippen molar-refractivity contribution in [3.05, 3.63) is 221 Å². The maximum atomic E-state index is 8.41. The quantitative estimate of drug-likeness (QED) is 0.0559. The fraction of sp³-hybridized carbons (Fsp3) is 0.275. The van der Waals surface area contributed by atoms with Crippen LogP contribution in [0.4, 0.5) is 51.2 Å². The molecule has 0 fully saturated rings. The van der Waals surface area contributed by atoms with Gasteiger partial charge in [-0.1, -0.05) is 188 Å². The number of fused-ring (bicyclic) bond motifs is 1. The van der Waals surface area contributed by atoms with Crippen LogP contribution in [0.5, 0.6) is 0 Å². The van der Waals surface area contributed by atoms with E-state index in [-0.39, 0.29) is 0 Å². The fourth-order valence-electron chi connectivity index (χ4n) is 10.6. The van der Waals surface area contributed by atoms with E-state index in [2.05, 4.69) is 243 Å². The van der Waals surface area contributed by atoms with Gasteiger partial charge in [0.1, 0.15) is 0 Å². The second-order valence-electron chi connectivity index (χ2n) is 20.0. The lowest BCUT2D eigenvalue weighted by molar-refractivity contribution is 0.596. The van der Waals surface area contributed by atoms with E-state index < -0.39 is 0 Å². The average molecular weight is 1010 g/mol. The lowest BCUT2D eigenvalue weighted by Crippen LogP contribution is -2.18. The molecule has 0 saturated heterocycles. The summed E-state index contributed by atoms with van der Waals surface area (Å²) < 4.78 is 1.23. The van der Waals surface area contributed by atoms with Crippen molar-refractivity contribution in [3.63, 3.8) is 0 Å². The lowest BCUT2D eigenvalue weighted by Gasteiger charge is -2.35. The molecule has 9 aromatic rings. The summed E-state index contributed by atoms with van der Waals surface area (Å²) in [6.45, 7) is 11.5. The molecule has 5 heteroatoms. The Labute approximate surface area is 452 Å². The normalized spacial score (nSPS) is 11.8. The third-order valence-electron chi connectivity index (χ3n) is 14.7. The predicted octanol–water partition coefficient (Wildman–Crippen LogP) is 22.3. The van der Waals surface area contributed by atoms with E-state index in [0.29, 0.717) is 10.9 Å². The molecule has 1 aromatic heterocycles. The molecule has 378 valence electrons. The Morgan fingerprint density at radius 1 is 0.419 bits per heavy atom. The zero-order chi connectivity index (χ0) is 51.2. The van der Waals surface area contributed by atoms with Crippen molar-refractivity contribution in [1.82, 2.24) is 0 Å². The van der Waals surface area contributed by atoms with Crippen LogP contribution in [0.15, 0.2) is 193 Å². The maximum Gasteiger partial charge on any atom is 0.0888 e. The van der Waals surface area contributed by atoms with Crippen LogP contribution in [0.3, 0.4) is 0 Å². The molecule has 8 aromatic carbocycles. The van der Waals surface area contributed by atoms with Crippen LogP contribution in [0.1, 0.15) is 127 Å². The van der Waals surface area contributed by atoms with Crippen LogP contribution >= 0.6 is 22.9 Å². The van der Waals surface area contributed by atoms with Gasteiger partial charge in [0, 0.05) is 43.8 Å². The van der Waals surface area contributed by atoms with Crippen molar-refractivity contribution in [1.29, 1.82) is 0 Å². The minimum Gasteiger partial charge on any atom is -0.310 e. The number of anilines is 9. The molecular formula is C69H74ClN3S. The monoisotopic (exact) mass is 1010 g/mol. The summed E-state index contributed by atoms with van der Waals surface area (Å²) >= 11 is 10.2. The first kappa shape index (κ1) is 52.3. The van der Waals surface area contributed by atoms with E-state index >= 15 is 0 Å². The summed E-state index contributed by atoms with van der Waals surface area (Å²) in [7, 11) is 0. The highest BCUT2D eigenvalue weighted by Gasteiger charge is 2.29. The average Bonchev–Trinajstić information content (AvgIpc) is 3.89. The van der Waals surface area contributed by atoms with Crippen molar-refractivity contribution >= 4 is 84.2 Å². The van der Waals surface area contributed by atoms with Crippen molar-refractivity contribution in [2.45, 2.75) is 124 Å². The number of para-hydroxylation sites is 2. The molecule has 0 aliphatic carbocycles. The van der Waals surface area contributed by atoms with Crippen molar-refractivity contribution < 1.29 is 0 Å². The summed E-state index contributed by atoms with van der Waals surface area (Å²) in [6, 6.07) is 70.2. The van der Waals surface area contributed by atoms with Crippen molar-refractivity contribution in [3.8, 4) is 11.1 Å². The highest BCUT2D eigenvalue weighted by Crippen LogP contribution is 2.54. The Bertz CT molecular complexity index is 3120. The number of hydrogen-bond acceptors (Lipinski definition) is 4. The molecule has 0 aliphatic heterocycles. The number of unbranched alkanes of at least 4 members (excludes halogenated alkanes) is 4. The van der Waals surface area contributed by atoms with E-state index in [4.69, 9.17) is 11.6 Å². The maximum absolute atomic E-state index is 8.41. The molecule has 0 saturated carbocycles. The van der Waals surface area contributed by atoms with Gasteiger partial charge in [0.15, 0.2) is 0 Å². The highest BCUT2D eigenvalue weighted by molar-refractivity contribution is 7.17. The number of halogens is 1. The fourth-order valence-corrected chi connectivity index (χ4v) is 11.8. The molecule has 0 aliphatic rings. The summed E-state index contributed by atoms with van der Waals surface area (Å²) in [6.07, 6.45) is 14.8.